The summed E-state index contributed by atoms with van der Waals surface area (Å²) in [4.78, 5) is 1.98. The van der Waals surface area contributed by atoms with Gasteiger partial charge in [-0.3, -0.25) is 0 Å². The molecule has 0 fully saturated rings. The van der Waals surface area contributed by atoms with E-state index >= 15 is 0 Å². The molecule has 0 atom stereocenters. The third kappa shape index (κ3) is 3.66. The Morgan fingerprint density at radius 3 is 2.63 bits per heavy atom. The van der Waals surface area contributed by atoms with Crippen molar-refractivity contribution in [3.63, 3.8) is 0 Å². The molecule has 0 saturated carbocycles. The topological polar surface area (TPSA) is 49.6 Å². The first-order valence-corrected chi connectivity index (χ1v) is 9.34. The van der Waals surface area contributed by atoms with Crippen LogP contribution in [0.1, 0.15) is 12.5 Å². The maximum absolute atomic E-state index is 9.34. The highest BCUT2D eigenvalue weighted by atomic mass is 32.2. The van der Waals surface area contributed by atoms with E-state index in [1.807, 2.05) is 24.5 Å². The van der Waals surface area contributed by atoms with Gasteiger partial charge < -0.3 is 0 Å². The summed E-state index contributed by atoms with van der Waals surface area (Å²) in [5, 5.41) is 17.5. The van der Waals surface area contributed by atoms with Gasteiger partial charge in [-0.15, -0.1) is 22.0 Å². The van der Waals surface area contributed by atoms with Crippen LogP contribution >= 0.6 is 46.6 Å². The van der Waals surface area contributed by atoms with E-state index < -0.39 is 0 Å². The van der Waals surface area contributed by atoms with Gasteiger partial charge in [0.15, 0.2) is 8.68 Å². The van der Waals surface area contributed by atoms with E-state index in [1.165, 1.54) is 11.8 Å². The molecule has 0 amide bonds. The van der Waals surface area contributed by atoms with Gasteiger partial charge in [0.2, 0.25) is 0 Å². The highest BCUT2D eigenvalue weighted by molar-refractivity contribution is 8.03. The summed E-state index contributed by atoms with van der Waals surface area (Å²) in [6, 6.07) is 8.24. The molecule has 1 aromatic heterocycles. The van der Waals surface area contributed by atoms with E-state index in [0.717, 1.165) is 29.8 Å². The molecule has 0 unspecified atom stereocenters. The van der Waals surface area contributed by atoms with E-state index in [4.69, 9.17) is 0 Å². The van der Waals surface area contributed by atoms with Gasteiger partial charge >= 0.3 is 0 Å². The number of hydrogen-bond donors (Lipinski definition) is 0. The Labute approximate surface area is 129 Å². The predicted octanol–water partition coefficient (Wildman–Crippen LogP) is 4.39. The minimum atomic E-state index is 0.736. The summed E-state index contributed by atoms with van der Waals surface area (Å²) in [7, 11) is 0. The van der Waals surface area contributed by atoms with Gasteiger partial charge in [-0.25, -0.2) is 0 Å². The van der Waals surface area contributed by atoms with Gasteiger partial charge in [-0.05, 0) is 24.1 Å². The van der Waals surface area contributed by atoms with Crippen LogP contribution in [0.4, 0.5) is 0 Å². The van der Waals surface area contributed by atoms with E-state index in [0.29, 0.717) is 0 Å². The zero-order valence-electron chi connectivity index (χ0n) is 10.4. The third-order valence-electron chi connectivity index (χ3n) is 2.16. The second kappa shape index (κ2) is 7.20. The Bertz CT molecular complexity index is 603. The fourth-order valence-electron chi connectivity index (χ4n) is 1.40. The van der Waals surface area contributed by atoms with Crippen molar-refractivity contribution in [1.29, 1.82) is 5.26 Å². The molecule has 2 aromatic rings. The number of rotatable bonds is 5. The fraction of sp³-hybridized carbons (Fsp3) is 0.250. The molecule has 1 aromatic carbocycles. The molecular weight excluding hydrogens is 314 g/mol. The summed E-state index contributed by atoms with van der Waals surface area (Å²) < 4.78 is 1.82. The first-order chi connectivity index (χ1) is 9.28. The minimum Gasteiger partial charge on any atom is -0.192 e. The predicted molar refractivity (Wildman–Crippen MR) is 83.4 cm³/mol. The summed E-state index contributed by atoms with van der Waals surface area (Å²) in [5.74, 6) is 0.957. The van der Waals surface area contributed by atoms with Crippen molar-refractivity contribution < 1.29 is 0 Å². The van der Waals surface area contributed by atoms with Gasteiger partial charge in [0.1, 0.15) is 6.07 Å². The van der Waals surface area contributed by atoms with Crippen LogP contribution in [-0.4, -0.2) is 22.2 Å². The molecule has 0 radical (unpaired) electrons. The quantitative estimate of drug-likeness (QED) is 0.760. The number of benzene rings is 1. The van der Waals surface area contributed by atoms with Gasteiger partial charge in [-0.1, -0.05) is 47.9 Å². The fourth-order valence-corrected chi connectivity index (χ4v) is 4.76. The van der Waals surface area contributed by atoms with Crippen molar-refractivity contribution in [2.24, 2.45) is 0 Å². The Balaban J connectivity index is 2.29. The molecule has 0 aliphatic rings. The lowest BCUT2D eigenvalue weighted by molar-refractivity contribution is 0.955. The van der Waals surface area contributed by atoms with Crippen molar-refractivity contribution in [2.45, 2.75) is 25.4 Å². The van der Waals surface area contributed by atoms with Crippen molar-refractivity contribution in [3.05, 3.63) is 23.8 Å². The standard InChI is InChI=1S/C12H11N3S4/c1-3-17-9-5-4-6-10(8(9)7-13)18-12-15-14-11(16-2)19-12/h4-6H,3H2,1-2H3. The zero-order valence-corrected chi connectivity index (χ0v) is 13.7. The zero-order chi connectivity index (χ0) is 13.7. The molecular formula is C12H11N3S4. The maximum Gasteiger partial charge on any atom is 0.179 e. The molecule has 1 heterocycles. The Kier molecular flexibility index (Phi) is 5.58. The number of hydrogen-bond acceptors (Lipinski definition) is 7. The SMILES string of the molecule is CCSc1cccc(Sc2nnc(SC)s2)c1C#N. The van der Waals surface area contributed by atoms with Crippen LogP contribution in [0.3, 0.4) is 0 Å². The molecule has 3 nitrogen and oxygen atoms in total. The lowest BCUT2D eigenvalue weighted by Crippen LogP contribution is -1.86. The van der Waals surface area contributed by atoms with Crippen LogP contribution in [0.25, 0.3) is 0 Å². The summed E-state index contributed by atoms with van der Waals surface area (Å²) >= 11 is 6.34. The van der Waals surface area contributed by atoms with Gasteiger partial charge in [0.25, 0.3) is 0 Å². The van der Waals surface area contributed by atoms with Crippen molar-refractivity contribution in [3.8, 4) is 6.07 Å². The van der Waals surface area contributed by atoms with Gasteiger partial charge in [0, 0.05) is 9.79 Å². The van der Waals surface area contributed by atoms with Gasteiger partial charge in [-0.2, -0.15) is 5.26 Å². The second-order valence-corrected chi connectivity index (χ2v) is 7.94. The lowest BCUT2D eigenvalue weighted by Gasteiger charge is -2.05. The molecule has 0 bridgehead atoms. The molecule has 98 valence electrons. The number of thioether (sulfide) groups is 2. The van der Waals surface area contributed by atoms with Crippen molar-refractivity contribution in [2.75, 3.05) is 12.0 Å². The summed E-state index contributed by atoms with van der Waals surface area (Å²) in [6.07, 6.45) is 1.98. The van der Waals surface area contributed by atoms with Crippen LogP contribution in [0, 0.1) is 11.3 Å². The number of nitrogens with zero attached hydrogens (tertiary/aromatic N) is 3. The first-order valence-electron chi connectivity index (χ1n) is 5.49. The van der Waals surface area contributed by atoms with E-state index in [1.54, 1.807) is 34.9 Å². The Hall–Kier alpha value is -0.680. The van der Waals surface area contributed by atoms with Crippen LogP contribution in [-0.2, 0) is 0 Å². The average Bonchev–Trinajstić information content (AvgIpc) is 2.87. The molecule has 0 spiro atoms. The molecule has 19 heavy (non-hydrogen) atoms. The smallest absolute Gasteiger partial charge is 0.179 e. The summed E-state index contributed by atoms with van der Waals surface area (Å²) in [5.41, 5.74) is 0.736. The van der Waals surface area contributed by atoms with Crippen molar-refractivity contribution in [1.82, 2.24) is 10.2 Å². The highest BCUT2D eigenvalue weighted by Gasteiger charge is 2.12. The van der Waals surface area contributed by atoms with E-state index in [-0.39, 0.29) is 0 Å². The average molecular weight is 326 g/mol. The van der Waals surface area contributed by atoms with Crippen LogP contribution in [0.5, 0.6) is 0 Å². The summed E-state index contributed by atoms with van der Waals surface area (Å²) in [6.45, 7) is 2.08. The number of aromatic nitrogens is 2. The van der Waals surface area contributed by atoms with E-state index in [2.05, 4.69) is 23.2 Å². The minimum absolute atomic E-state index is 0.736. The molecule has 0 N–H and O–H groups in total. The Morgan fingerprint density at radius 1 is 1.26 bits per heavy atom. The third-order valence-corrected chi connectivity index (χ3v) is 6.11. The van der Waals surface area contributed by atoms with Gasteiger partial charge in [0.05, 0.1) is 5.56 Å². The first kappa shape index (κ1) is 14.7. The second-order valence-electron chi connectivity index (χ2n) is 3.31. The Morgan fingerprint density at radius 2 is 2.00 bits per heavy atom. The molecule has 0 saturated heterocycles. The normalized spacial score (nSPS) is 10.4. The maximum atomic E-state index is 9.34. The van der Waals surface area contributed by atoms with Crippen LogP contribution < -0.4 is 0 Å². The van der Waals surface area contributed by atoms with Crippen LogP contribution in [0.15, 0.2) is 36.7 Å². The number of nitriles is 1. The van der Waals surface area contributed by atoms with E-state index in [9.17, 15) is 5.26 Å². The lowest BCUT2D eigenvalue weighted by atomic mass is 10.2. The highest BCUT2D eigenvalue weighted by Crippen LogP contribution is 2.37. The molecule has 7 heteroatoms. The molecule has 0 aliphatic carbocycles. The van der Waals surface area contributed by atoms with Crippen LogP contribution in [0.2, 0.25) is 0 Å². The monoisotopic (exact) mass is 325 g/mol. The molecule has 0 aliphatic heterocycles. The molecule has 2 rings (SSSR count). The van der Waals surface area contributed by atoms with Crippen molar-refractivity contribution >= 4 is 46.6 Å². The largest absolute Gasteiger partial charge is 0.192 e.